The van der Waals surface area contributed by atoms with E-state index < -0.39 is 42.6 Å². The van der Waals surface area contributed by atoms with Crippen molar-refractivity contribution >= 4 is 35.9 Å². The van der Waals surface area contributed by atoms with Gasteiger partial charge < -0.3 is 42.6 Å². The van der Waals surface area contributed by atoms with Gasteiger partial charge in [-0.25, -0.2) is 4.79 Å². The molecule has 9 N–H and O–H groups in total. The van der Waals surface area contributed by atoms with Crippen LogP contribution in [0.1, 0.15) is 37.8 Å². The van der Waals surface area contributed by atoms with Crippen LogP contribution in [0.3, 0.4) is 0 Å². The number of alkyl carbamates (subject to hydrolysis) is 1. The van der Waals surface area contributed by atoms with Crippen LogP contribution in [0.5, 0.6) is 0 Å². The second-order valence-electron chi connectivity index (χ2n) is 10.3. The quantitative estimate of drug-likeness (QED) is 0.0588. The molecule has 44 heavy (non-hydrogen) atoms. The van der Waals surface area contributed by atoms with Crippen molar-refractivity contribution in [3.8, 4) is 0 Å². The molecule has 13 heteroatoms. The van der Waals surface area contributed by atoms with Crippen molar-refractivity contribution in [2.75, 3.05) is 19.7 Å². The monoisotopic (exact) mass is 609 g/mol. The fourth-order valence-electron chi connectivity index (χ4n) is 3.89. The molecule has 2 aromatic rings. The van der Waals surface area contributed by atoms with Gasteiger partial charge in [0.2, 0.25) is 17.7 Å². The van der Waals surface area contributed by atoms with E-state index in [0.29, 0.717) is 6.42 Å². The number of hydrogen-bond donors (Lipinski definition) is 7. The standard InChI is InChI=1S/C31H43N7O6/c1-21(2)25(18-35-27(40)16-15-22-10-5-3-6-11-22)36-29(42)26(19-39)37-28(41)24(14-9-17-34-30(32)33)38-31(43)44-20-23-12-7-4-8-13-23/h3-8,10-13,15-16,21,24-26,39H,9,14,17-20H2,1-2H3,(H,35,40)(H,36,42)(H,37,41)(H,38,43)(H4,32,33,34)/t24-,25+,26-/m0/s1. The number of aliphatic hydroxyl groups is 1. The van der Waals surface area contributed by atoms with E-state index in [1.165, 1.54) is 6.08 Å². The van der Waals surface area contributed by atoms with Crippen LogP contribution < -0.4 is 32.7 Å². The maximum Gasteiger partial charge on any atom is 0.408 e. The minimum atomic E-state index is -1.32. The number of rotatable bonds is 17. The fourth-order valence-corrected chi connectivity index (χ4v) is 3.89. The second kappa shape index (κ2) is 19.3. The SMILES string of the molecule is CC(C)[C@@H](CNC(=O)C=Cc1ccccc1)NC(=O)[C@H](CO)NC(=O)[C@H](CCCN=C(N)N)NC(=O)OCc1ccccc1. The van der Waals surface area contributed by atoms with Gasteiger partial charge in [0, 0.05) is 25.2 Å². The van der Waals surface area contributed by atoms with Crippen LogP contribution in [0.15, 0.2) is 71.7 Å². The zero-order valence-electron chi connectivity index (χ0n) is 25.1. The van der Waals surface area contributed by atoms with Crippen LogP contribution >= 0.6 is 0 Å². The molecule has 13 nitrogen and oxygen atoms in total. The number of hydrogen-bond acceptors (Lipinski definition) is 7. The van der Waals surface area contributed by atoms with Gasteiger partial charge in [-0.3, -0.25) is 19.4 Å². The molecule has 0 aliphatic rings. The predicted octanol–water partition coefficient (Wildman–Crippen LogP) is 0.783. The Morgan fingerprint density at radius 3 is 2.16 bits per heavy atom. The Labute approximate surface area is 257 Å². The molecule has 4 amide bonds. The summed E-state index contributed by atoms with van der Waals surface area (Å²) < 4.78 is 5.23. The maximum atomic E-state index is 13.2. The molecule has 0 fully saturated rings. The molecule has 3 atom stereocenters. The number of carbonyl (C=O) groups is 4. The van der Waals surface area contributed by atoms with Gasteiger partial charge in [0.05, 0.1) is 6.61 Å². The van der Waals surface area contributed by atoms with Crippen LogP contribution in [0.2, 0.25) is 0 Å². The van der Waals surface area contributed by atoms with Crippen molar-refractivity contribution in [1.82, 2.24) is 21.3 Å². The van der Waals surface area contributed by atoms with Crippen molar-refractivity contribution in [2.45, 2.75) is 51.4 Å². The van der Waals surface area contributed by atoms with Gasteiger partial charge in [0.25, 0.3) is 0 Å². The number of aliphatic imine (C=N–C) groups is 1. The second-order valence-corrected chi connectivity index (χ2v) is 10.3. The number of aliphatic hydroxyl groups excluding tert-OH is 1. The Morgan fingerprint density at radius 2 is 1.55 bits per heavy atom. The molecule has 0 aliphatic carbocycles. The number of benzene rings is 2. The van der Waals surface area contributed by atoms with Gasteiger partial charge in [-0.1, -0.05) is 74.5 Å². The highest BCUT2D eigenvalue weighted by molar-refractivity contribution is 5.92. The first-order valence-corrected chi connectivity index (χ1v) is 14.3. The van der Waals surface area contributed by atoms with Gasteiger partial charge in [0.15, 0.2) is 5.96 Å². The lowest BCUT2D eigenvalue weighted by Gasteiger charge is -2.26. The minimum Gasteiger partial charge on any atom is -0.445 e. The molecule has 0 aromatic heterocycles. The number of nitrogens with two attached hydrogens (primary N) is 2. The normalized spacial score (nSPS) is 12.9. The summed E-state index contributed by atoms with van der Waals surface area (Å²) in [7, 11) is 0. The van der Waals surface area contributed by atoms with Gasteiger partial charge in [-0.2, -0.15) is 0 Å². The van der Waals surface area contributed by atoms with E-state index in [0.717, 1.165) is 11.1 Å². The van der Waals surface area contributed by atoms with Gasteiger partial charge >= 0.3 is 6.09 Å². The van der Waals surface area contributed by atoms with Crippen molar-refractivity contribution in [3.05, 3.63) is 77.9 Å². The Hall–Kier alpha value is -4.91. The average molecular weight is 610 g/mol. The lowest BCUT2D eigenvalue weighted by molar-refractivity contribution is -0.131. The Balaban J connectivity index is 1.98. The number of nitrogens with zero attached hydrogens (tertiary/aromatic N) is 1. The predicted molar refractivity (Wildman–Crippen MR) is 168 cm³/mol. The van der Waals surface area contributed by atoms with Gasteiger partial charge in [0.1, 0.15) is 18.7 Å². The third kappa shape index (κ3) is 13.8. The molecular formula is C31H43N7O6. The maximum absolute atomic E-state index is 13.2. The first-order chi connectivity index (χ1) is 21.1. The molecule has 0 radical (unpaired) electrons. The molecule has 2 rings (SSSR count). The van der Waals surface area contributed by atoms with E-state index in [1.807, 2.05) is 50.2 Å². The molecule has 0 heterocycles. The van der Waals surface area contributed by atoms with E-state index in [9.17, 15) is 24.3 Å². The molecule has 0 spiro atoms. The smallest absolute Gasteiger partial charge is 0.408 e. The van der Waals surface area contributed by atoms with Crippen LogP contribution in [0.4, 0.5) is 4.79 Å². The van der Waals surface area contributed by atoms with E-state index in [-0.39, 0.29) is 43.9 Å². The molecule has 0 saturated heterocycles. The Morgan fingerprint density at radius 1 is 0.909 bits per heavy atom. The molecule has 0 saturated carbocycles. The van der Waals surface area contributed by atoms with Crippen molar-refractivity contribution in [1.29, 1.82) is 0 Å². The van der Waals surface area contributed by atoms with Crippen molar-refractivity contribution < 1.29 is 29.0 Å². The summed E-state index contributed by atoms with van der Waals surface area (Å²) >= 11 is 0. The van der Waals surface area contributed by atoms with E-state index >= 15 is 0 Å². The molecule has 0 aliphatic heterocycles. The van der Waals surface area contributed by atoms with Crippen molar-refractivity contribution in [2.24, 2.45) is 22.4 Å². The third-order valence-electron chi connectivity index (χ3n) is 6.44. The lowest BCUT2D eigenvalue weighted by atomic mass is 10.0. The van der Waals surface area contributed by atoms with E-state index in [1.54, 1.807) is 30.3 Å². The highest BCUT2D eigenvalue weighted by Gasteiger charge is 2.28. The largest absolute Gasteiger partial charge is 0.445 e. The molecule has 2 aromatic carbocycles. The highest BCUT2D eigenvalue weighted by atomic mass is 16.5. The molecule has 0 unspecified atom stereocenters. The summed E-state index contributed by atoms with van der Waals surface area (Å²) in [5, 5.41) is 20.5. The van der Waals surface area contributed by atoms with Gasteiger partial charge in [-0.15, -0.1) is 0 Å². The topological polar surface area (TPSA) is 210 Å². The van der Waals surface area contributed by atoms with Crippen LogP contribution in [-0.2, 0) is 25.7 Å². The zero-order chi connectivity index (χ0) is 32.3. The van der Waals surface area contributed by atoms with Gasteiger partial charge in [-0.05, 0) is 36.0 Å². The summed E-state index contributed by atoms with van der Waals surface area (Å²) in [6.07, 6.45) is 2.70. The fraction of sp³-hybridized carbons (Fsp3) is 0.387. The summed E-state index contributed by atoms with van der Waals surface area (Å²) in [6, 6.07) is 15.4. The van der Waals surface area contributed by atoms with Crippen LogP contribution in [0.25, 0.3) is 6.08 Å². The summed E-state index contributed by atoms with van der Waals surface area (Å²) in [4.78, 5) is 54.9. The van der Waals surface area contributed by atoms with Crippen molar-refractivity contribution in [3.63, 3.8) is 0 Å². The first kappa shape index (κ1) is 35.3. The zero-order valence-corrected chi connectivity index (χ0v) is 25.1. The highest BCUT2D eigenvalue weighted by Crippen LogP contribution is 2.06. The first-order valence-electron chi connectivity index (χ1n) is 14.3. The molecule has 0 bridgehead atoms. The number of carbonyl (C=O) groups excluding carboxylic acids is 4. The van der Waals surface area contributed by atoms with Crippen LogP contribution in [0, 0.1) is 5.92 Å². The van der Waals surface area contributed by atoms with E-state index in [2.05, 4.69) is 26.3 Å². The number of ether oxygens (including phenoxy) is 1. The summed E-state index contributed by atoms with van der Waals surface area (Å²) in [6.45, 7) is 3.34. The molecular weight excluding hydrogens is 566 g/mol. The number of nitrogens with one attached hydrogen (secondary N) is 4. The third-order valence-corrected chi connectivity index (χ3v) is 6.44. The minimum absolute atomic E-state index is 0.00808. The summed E-state index contributed by atoms with van der Waals surface area (Å²) in [5.41, 5.74) is 12.3. The van der Waals surface area contributed by atoms with Crippen LogP contribution in [-0.4, -0.2) is 72.7 Å². The molecule has 238 valence electrons. The number of guanidine groups is 1. The lowest BCUT2D eigenvalue weighted by Crippen LogP contribution is -2.57. The number of amides is 4. The average Bonchev–Trinajstić information content (AvgIpc) is 3.01. The Bertz CT molecular complexity index is 1250. The summed E-state index contributed by atoms with van der Waals surface area (Å²) in [5.74, 6) is -1.90. The Kier molecular flexibility index (Phi) is 15.5. The van der Waals surface area contributed by atoms with E-state index in [4.69, 9.17) is 16.2 Å².